The second kappa shape index (κ2) is 8.71. The number of aryl methyl sites for hydroxylation is 2. The van der Waals surface area contributed by atoms with Crippen molar-refractivity contribution in [1.29, 1.82) is 0 Å². The van der Waals surface area contributed by atoms with Gasteiger partial charge in [-0.15, -0.1) is 0 Å². The van der Waals surface area contributed by atoms with Gasteiger partial charge in [0.15, 0.2) is 0 Å². The number of hydrogen-bond donors (Lipinski definition) is 1. The molecule has 1 atom stereocenters. The van der Waals surface area contributed by atoms with Gasteiger partial charge in [0, 0.05) is 25.8 Å². The van der Waals surface area contributed by atoms with Gasteiger partial charge in [-0.25, -0.2) is 4.39 Å². The molecule has 0 spiro atoms. The van der Waals surface area contributed by atoms with E-state index in [4.69, 9.17) is 0 Å². The second-order valence-corrected chi connectivity index (χ2v) is 7.96. The highest BCUT2D eigenvalue weighted by atomic mass is 19.1. The number of carbonyl (C=O) groups is 2. The van der Waals surface area contributed by atoms with E-state index in [1.807, 2.05) is 31.2 Å². The van der Waals surface area contributed by atoms with Crippen molar-refractivity contribution in [2.45, 2.75) is 19.8 Å². The van der Waals surface area contributed by atoms with Crippen LogP contribution >= 0.6 is 0 Å². The molecule has 31 heavy (non-hydrogen) atoms. The highest BCUT2D eigenvalue weighted by Gasteiger charge is 2.30. The van der Waals surface area contributed by atoms with Gasteiger partial charge >= 0.3 is 0 Å². The first kappa shape index (κ1) is 20.8. The van der Waals surface area contributed by atoms with Gasteiger partial charge < -0.3 is 10.2 Å². The number of anilines is 1. The molecule has 2 amide bonds. The van der Waals surface area contributed by atoms with Crippen molar-refractivity contribution in [3.05, 3.63) is 71.8 Å². The summed E-state index contributed by atoms with van der Waals surface area (Å²) < 4.78 is 14.8. The summed E-state index contributed by atoms with van der Waals surface area (Å²) in [7, 11) is 1.75. The standard InChI is InChI=1S/C24H25FN4O2/c1-16-13-22(28(2)27-16)24(31)29-12-4-6-19(15-29)23(30)26-21-7-3-5-18(14-21)17-8-10-20(25)11-9-17/h3,5,7-11,13-14,19H,4,6,12,15H2,1-2H3,(H,26,30). The molecule has 1 unspecified atom stereocenters. The minimum atomic E-state index is -0.286. The number of amides is 2. The number of hydrogen-bond acceptors (Lipinski definition) is 3. The third-order valence-corrected chi connectivity index (χ3v) is 5.61. The fraction of sp³-hybridized carbons (Fsp3) is 0.292. The molecule has 1 aliphatic heterocycles. The minimum absolute atomic E-state index is 0.0982. The molecular weight excluding hydrogens is 395 g/mol. The van der Waals surface area contributed by atoms with Crippen LogP contribution in [0.25, 0.3) is 11.1 Å². The van der Waals surface area contributed by atoms with Crippen LogP contribution in [0.15, 0.2) is 54.6 Å². The van der Waals surface area contributed by atoms with Crippen molar-refractivity contribution in [3.63, 3.8) is 0 Å². The van der Waals surface area contributed by atoms with Gasteiger partial charge in [-0.2, -0.15) is 5.10 Å². The molecule has 2 heterocycles. The molecule has 7 heteroatoms. The van der Waals surface area contributed by atoms with Crippen molar-refractivity contribution >= 4 is 17.5 Å². The normalized spacial score (nSPS) is 16.2. The number of halogens is 1. The number of nitrogens with zero attached hydrogens (tertiary/aromatic N) is 3. The Kier molecular flexibility index (Phi) is 5.84. The van der Waals surface area contributed by atoms with Gasteiger partial charge in [0.05, 0.1) is 11.6 Å². The van der Waals surface area contributed by atoms with Crippen molar-refractivity contribution in [3.8, 4) is 11.1 Å². The Morgan fingerprint density at radius 1 is 1.10 bits per heavy atom. The fourth-order valence-electron chi connectivity index (χ4n) is 4.01. The summed E-state index contributed by atoms with van der Waals surface area (Å²) in [5.41, 5.74) is 3.77. The van der Waals surface area contributed by atoms with Crippen molar-refractivity contribution in [2.75, 3.05) is 18.4 Å². The Bertz CT molecular complexity index is 1110. The average molecular weight is 420 g/mol. The molecule has 4 rings (SSSR count). The first-order chi connectivity index (χ1) is 14.9. The van der Waals surface area contributed by atoms with E-state index in [2.05, 4.69) is 10.4 Å². The second-order valence-electron chi connectivity index (χ2n) is 7.96. The molecule has 1 saturated heterocycles. The number of aromatic nitrogens is 2. The third kappa shape index (κ3) is 4.66. The Hall–Kier alpha value is -3.48. The van der Waals surface area contributed by atoms with E-state index >= 15 is 0 Å². The predicted octanol–water partition coefficient (Wildman–Crippen LogP) is 4.03. The van der Waals surface area contributed by atoms with Gasteiger partial charge in [0.1, 0.15) is 11.5 Å². The smallest absolute Gasteiger partial charge is 0.272 e. The summed E-state index contributed by atoms with van der Waals surface area (Å²) in [6, 6.07) is 15.5. The summed E-state index contributed by atoms with van der Waals surface area (Å²) in [6.07, 6.45) is 1.51. The maximum atomic E-state index is 13.2. The molecule has 160 valence electrons. The van der Waals surface area contributed by atoms with E-state index in [0.717, 1.165) is 29.7 Å². The van der Waals surface area contributed by atoms with Gasteiger partial charge in [0.25, 0.3) is 5.91 Å². The molecule has 2 aromatic carbocycles. The van der Waals surface area contributed by atoms with Crippen molar-refractivity contribution in [2.24, 2.45) is 13.0 Å². The first-order valence-electron chi connectivity index (χ1n) is 10.4. The Balaban J connectivity index is 1.44. The Labute approximate surface area is 180 Å². The summed E-state index contributed by atoms with van der Waals surface area (Å²) in [4.78, 5) is 27.5. The lowest BCUT2D eigenvalue weighted by Crippen LogP contribution is -2.44. The molecule has 6 nitrogen and oxygen atoms in total. The number of benzene rings is 2. The summed E-state index contributed by atoms with van der Waals surface area (Å²) in [5, 5.41) is 7.22. The van der Waals surface area contributed by atoms with Crippen LogP contribution in [-0.2, 0) is 11.8 Å². The summed E-state index contributed by atoms with van der Waals surface area (Å²) in [5.74, 6) is -0.763. The predicted molar refractivity (Wildman–Crippen MR) is 117 cm³/mol. The van der Waals surface area contributed by atoms with E-state index < -0.39 is 0 Å². The highest BCUT2D eigenvalue weighted by molar-refractivity contribution is 5.95. The Morgan fingerprint density at radius 2 is 1.87 bits per heavy atom. The molecule has 3 aromatic rings. The number of carbonyl (C=O) groups excluding carboxylic acids is 2. The maximum absolute atomic E-state index is 13.2. The number of rotatable bonds is 4. The highest BCUT2D eigenvalue weighted by Crippen LogP contribution is 2.25. The van der Waals surface area contributed by atoms with E-state index in [-0.39, 0.29) is 23.5 Å². The zero-order valence-electron chi connectivity index (χ0n) is 17.6. The third-order valence-electron chi connectivity index (χ3n) is 5.61. The molecular formula is C24H25FN4O2. The van der Waals surface area contributed by atoms with Crippen molar-refractivity contribution < 1.29 is 14.0 Å². The van der Waals surface area contributed by atoms with Crippen LogP contribution in [0.5, 0.6) is 0 Å². The molecule has 1 aliphatic rings. The zero-order chi connectivity index (χ0) is 22.0. The van der Waals surface area contributed by atoms with Gasteiger partial charge in [-0.05, 0) is 61.2 Å². The quantitative estimate of drug-likeness (QED) is 0.693. The largest absolute Gasteiger partial charge is 0.337 e. The molecule has 1 N–H and O–H groups in total. The Morgan fingerprint density at radius 3 is 2.58 bits per heavy atom. The van der Waals surface area contributed by atoms with Crippen LogP contribution in [0.4, 0.5) is 10.1 Å². The van der Waals surface area contributed by atoms with Crippen LogP contribution in [0.3, 0.4) is 0 Å². The van der Waals surface area contributed by atoms with Gasteiger partial charge in [-0.1, -0.05) is 24.3 Å². The SMILES string of the molecule is Cc1cc(C(=O)N2CCCC(C(=O)Nc3cccc(-c4ccc(F)cc4)c3)C2)n(C)n1. The average Bonchev–Trinajstić information content (AvgIpc) is 3.12. The van der Waals surface area contributed by atoms with Gasteiger partial charge in [-0.3, -0.25) is 14.3 Å². The van der Waals surface area contributed by atoms with Crippen molar-refractivity contribution in [1.82, 2.24) is 14.7 Å². The maximum Gasteiger partial charge on any atom is 0.272 e. The lowest BCUT2D eigenvalue weighted by Gasteiger charge is -2.32. The zero-order valence-corrected chi connectivity index (χ0v) is 17.6. The van der Waals surface area contributed by atoms with Crippen LogP contribution in [0.2, 0.25) is 0 Å². The molecule has 1 fully saturated rings. The van der Waals surface area contributed by atoms with E-state index in [0.29, 0.717) is 24.5 Å². The van der Waals surface area contributed by atoms with Gasteiger partial charge in [0.2, 0.25) is 5.91 Å². The lowest BCUT2D eigenvalue weighted by atomic mass is 9.96. The van der Waals surface area contributed by atoms with E-state index in [9.17, 15) is 14.0 Å². The molecule has 0 bridgehead atoms. The van der Waals surface area contributed by atoms with E-state index in [1.54, 1.807) is 34.8 Å². The monoisotopic (exact) mass is 420 g/mol. The lowest BCUT2D eigenvalue weighted by molar-refractivity contribution is -0.121. The van der Waals surface area contributed by atoms with Crippen LogP contribution < -0.4 is 5.32 Å². The van der Waals surface area contributed by atoms with Crippen LogP contribution in [0, 0.1) is 18.7 Å². The topological polar surface area (TPSA) is 67.2 Å². The molecule has 0 saturated carbocycles. The summed E-state index contributed by atoms with van der Waals surface area (Å²) >= 11 is 0. The summed E-state index contributed by atoms with van der Waals surface area (Å²) in [6.45, 7) is 2.86. The number of piperidine rings is 1. The molecule has 0 aliphatic carbocycles. The number of likely N-dealkylation sites (tertiary alicyclic amines) is 1. The molecule has 1 aromatic heterocycles. The van der Waals surface area contributed by atoms with Crippen LogP contribution in [0.1, 0.15) is 29.0 Å². The minimum Gasteiger partial charge on any atom is -0.337 e. The fourth-order valence-corrected chi connectivity index (χ4v) is 4.01. The first-order valence-corrected chi connectivity index (χ1v) is 10.4. The molecule has 0 radical (unpaired) electrons. The van der Waals surface area contributed by atoms with Crippen LogP contribution in [-0.4, -0.2) is 39.6 Å². The van der Waals surface area contributed by atoms with E-state index in [1.165, 1.54) is 12.1 Å². The number of nitrogens with one attached hydrogen (secondary N) is 1.